The first kappa shape index (κ1) is 21.6. The standard InChI is InChI=1S/C23H23F2NO4/c24-18-7-8-19(22(27)20-5-1-2-6-21(20)25)16(14-18)9-12-30-13-11-26-10-3-4-17(15-26)23(28)29/h1-2,5-9,12,14,17H,3-4,10-11,13,15H2,(H,28,29)/b12-9-. The molecule has 0 spiro atoms. The van der Waals surface area contributed by atoms with Gasteiger partial charge in [-0.2, -0.15) is 0 Å². The second-order valence-corrected chi connectivity index (χ2v) is 7.19. The molecule has 0 amide bonds. The summed E-state index contributed by atoms with van der Waals surface area (Å²) < 4.78 is 33.1. The van der Waals surface area contributed by atoms with Gasteiger partial charge in [-0.15, -0.1) is 0 Å². The molecule has 1 atom stereocenters. The van der Waals surface area contributed by atoms with Gasteiger partial charge in [0.2, 0.25) is 0 Å². The van der Waals surface area contributed by atoms with Crippen LogP contribution in [-0.4, -0.2) is 48.0 Å². The van der Waals surface area contributed by atoms with E-state index in [2.05, 4.69) is 0 Å². The van der Waals surface area contributed by atoms with Gasteiger partial charge >= 0.3 is 5.97 Å². The maximum absolute atomic E-state index is 14.0. The SMILES string of the molecule is O=C(c1ccccc1F)c1ccc(F)cc1/C=C\OCCN1CCCC(C(=O)O)C1. The van der Waals surface area contributed by atoms with Crippen molar-refractivity contribution in [2.24, 2.45) is 5.92 Å². The molecule has 2 aromatic carbocycles. The first-order valence-corrected chi connectivity index (χ1v) is 9.78. The molecule has 1 unspecified atom stereocenters. The lowest BCUT2D eigenvalue weighted by Crippen LogP contribution is -2.40. The van der Waals surface area contributed by atoms with Gasteiger partial charge in [-0.05, 0) is 61.4 Å². The average molecular weight is 415 g/mol. The smallest absolute Gasteiger partial charge is 0.307 e. The Morgan fingerprint density at radius 1 is 1.17 bits per heavy atom. The van der Waals surface area contributed by atoms with Gasteiger partial charge < -0.3 is 9.84 Å². The highest BCUT2D eigenvalue weighted by molar-refractivity contribution is 6.11. The minimum absolute atomic E-state index is 0.0854. The highest BCUT2D eigenvalue weighted by Crippen LogP contribution is 2.20. The Hall–Kier alpha value is -3.06. The molecule has 30 heavy (non-hydrogen) atoms. The van der Waals surface area contributed by atoms with Gasteiger partial charge in [0.05, 0.1) is 24.4 Å². The maximum atomic E-state index is 14.0. The zero-order valence-electron chi connectivity index (χ0n) is 16.4. The highest BCUT2D eigenvalue weighted by Gasteiger charge is 2.24. The molecule has 1 N–H and O–H groups in total. The average Bonchev–Trinajstić information content (AvgIpc) is 2.74. The molecule has 158 valence electrons. The predicted molar refractivity (Wildman–Crippen MR) is 108 cm³/mol. The Bertz CT molecular complexity index is 945. The minimum Gasteiger partial charge on any atom is -0.500 e. The fraction of sp³-hybridized carbons (Fsp3) is 0.304. The lowest BCUT2D eigenvalue weighted by molar-refractivity contribution is -0.143. The number of halogens is 2. The Kier molecular flexibility index (Phi) is 7.30. The van der Waals surface area contributed by atoms with Crippen molar-refractivity contribution in [3.8, 4) is 0 Å². The van der Waals surface area contributed by atoms with Crippen LogP contribution in [0.25, 0.3) is 6.08 Å². The minimum atomic E-state index is -0.779. The molecule has 0 aliphatic carbocycles. The van der Waals surface area contributed by atoms with E-state index in [-0.39, 0.29) is 22.6 Å². The number of hydrogen-bond donors (Lipinski definition) is 1. The largest absolute Gasteiger partial charge is 0.500 e. The van der Waals surface area contributed by atoms with Crippen molar-refractivity contribution in [3.05, 3.63) is 77.1 Å². The second kappa shape index (κ2) is 10.1. The Balaban J connectivity index is 1.62. The van der Waals surface area contributed by atoms with E-state index in [4.69, 9.17) is 9.84 Å². The number of benzene rings is 2. The summed E-state index contributed by atoms with van der Waals surface area (Å²) in [5.74, 6) is -2.83. The van der Waals surface area contributed by atoms with E-state index < -0.39 is 23.4 Å². The van der Waals surface area contributed by atoms with E-state index in [0.717, 1.165) is 19.0 Å². The number of carbonyl (C=O) groups excluding carboxylic acids is 1. The van der Waals surface area contributed by atoms with Crippen LogP contribution < -0.4 is 0 Å². The van der Waals surface area contributed by atoms with Crippen molar-refractivity contribution in [2.75, 3.05) is 26.2 Å². The zero-order valence-corrected chi connectivity index (χ0v) is 16.4. The molecule has 0 saturated carbocycles. The number of carboxylic acids is 1. The molecule has 7 heteroatoms. The van der Waals surface area contributed by atoms with Crippen LogP contribution in [0, 0.1) is 17.6 Å². The van der Waals surface area contributed by atoms with Crippen molar-refractivity contribution < 1.29 is 28.2 Å². The van der Waals surface area contributed by atoms with Crippen molar-refractivity contribution in [3.63, 3.8) is 0 Å². The molecular weight excluding hydrogens is 392 g/mol. The van der Waals surface area contributed by atoms with E-state index in [1.807, 2.05) is 4.90 Å². The van der Waals surface area contributed by atoms with Crippen LogP contribution >= 0.6 is 0 Å². The summed E-state index contributed by atoms with van der Waals surface area (Å²) in [5.41, 5.74) is 0.367. The fourth-order valence-corrected chi connectivity index (χ4v) is 3.50. The monoisotopic (exact) mass is 415 g/mol. The summed E-state index contributed by atoms with van der Waals surface area (Å²) in [4.78, 5) is 25.8. The summed E-state index contributed by atoms with van der Waals surface area (Å²) in [6, 6.07) is 9.31. The highest BCUT2D eigenvalue weighted by atomic mass is 19.1. The predicted octanol–water partition coefficient (Wildman–Crippen LogP) is 3.98. The molecule has 1 saturated heterocycles. The first-order valence-electron chi connectivity index (χ1n) is 9.78. The summed E-state index contributed by atoms with van der Waals surface area (Å²) in [7, 11) is 0. The molecule has 1 heterocycles. The number of piperidine rings is 1. The number of ketones is 1. The van der Waals surface area contributed by atoms with E-state index in [0.29, 0.717) is 26.1 Å². The number of likely N-dealkylation sites (tertiary alicyclic amines) is 1. The normalized spacial score (nSPS) is 17.2. The molecule has 3 rings (SSSR count). The van der Waals surface area contributed by atoms with Crippen LogP contribution in [0.4, 0.5) is 8.78 Å². The third kappa shape index (κ3) is 5.51. The van der Waals surface area contributed by atoms with Gasteiger partial charge in [0, 0.05) is 18.7 Å². The fourth-order valence-electron chi connectivity index (χ4n) is 3.50. The lowest BCUT2D eigenvalue weighted by atomic mass is 9.98. The van der Waals surface area contributed by atoms with Crippen molar-refractivity contribution >= 4 is 17.8 Å². The van der Waals surface area contributed by atoms with Crippen LogP contribution in [0.15, 0.2) is 48.7 Å². The number of rotatable bonds is 8. The summed E-state index contributed by atoms with van der Waals surface area (Å²) in [6.45, 7) is 2.21. The van der Waals surface area contributed by atoms with E-state index in [1.165, 1.54) is 42.7 Å². The second-order valence-electron chi connectivity index (χ2n) is 7.19. The molecule has 0 aromatic heterocycles. The summed E-state index contributed by atoms with van der Waals surface area (Å²) in [6.07, 6.45) is 4.35. The van der Waals surface area contributed by atoms with Crippen molar-refractivity contribution in [1.82, 2.24) is 4.90 Å². The van der Waals surface area contributed by atoms with Crippen LogP contribution in [0.1, 0.15) is 34.3 Å². The van der Waals surface area contributed by atoms with Crippen LogP contribution in [0.3, 0.4) is 0 Å². The van der Waals surface area contributed by atoms with Gasteiger partial charge in [0.15, 0.2) is 5.78 Å². The van der Waals surface area contributed by atoms with Gasteiger partial charge in [0.25, 0.3) is 0 Å². The molecule has 2 aromatic rings. The van der Waals surface area contributed by atoms with E-state index >= 15 is 0 Å². The number of hydrogen-bond acceptors (Lipinski definition) is 4. The maximum Gasteiger partial charge on any atom is 0.307 e. The number of nitrogens with zero attached hydrogens (tertiary/aromatic N) is 1. The van der Waals surface area contributed by atoms with Crippen LogP contribution in [-0.2, 0) is 9.53 Å². The Labute approximate surface area is 173 Å². The number of ether oxygens (including phenoxy) is 1. The number of aliphatic carboxylic acids is 1. The zero-order chi connectivity index (χ0) is 21.5. The van der Waals surface area contributed by atoms with E-state index in [9.17, 15) is 18.4 Å². The van der Waals surface area contributed by atoms with Crippen LogP contribution in [0.2, 0.25) is 0 Å². The van der Waals surface area contributed by atoms with Crippen molar-refractivity contribution in [2.45, 2.75) is 12.8 Å². The number of carbonyl (C=O) groups is 2. The Morgan fingerprint density at radius 3 is 2.73 bits per heavy atom. The Morgan fingerprint density at radius 2 is 1.97 bits per heavy atom. The molecular formula is C23H23F2NO4. The molecule has 1 aliphatic heterocycles. The van der Waals surface area contributed by atoms with Gasteiger partial charge in [0.1, 0.15) is 11.6 Å². The number of carboxylic acid groups (broad SMARTS) is 1. The molecule has 0 bridgehead atoms. The van der Waals surface area contributed by atoms with Crippen molar-refractivity contribution in [1.29, 1.82) is 0 Å². The molecule has 0 radical (unpaired) electrons. The summed E-state index contributed by atoms with van der Waals surface area (Å²) >= 11 is 0. The molecule has 5 nitrogen and oxygen atoms in total. The first-order chi connectivity index (χ1) is 14.5. The third-order valence-corrected chi connectivity index (χ3v) is 5.10. The van der Waals surface area contributed by atoms with Gasteiger partial charge in [-0.25, -0.2) is 8.78 Å². The van der Waals surface area contributed by atoms with Gasteiger partial charge in [-0.1, -0.05) is 12.1 Å². The van der Waals surface area contributed by atoms with Gasteiger partial charge in [-0.3, -0.25) is 14.5 Å². The van der Waals surface area contributed by atoms with E-state index in [1.54, 1.807) is 6.07 Å². The molecule has 1 aliphatic rings. The topological polar surface area (TPSA) is 66.8 Å². The quantitative estimate of drug-likeness (QED) is 0.401. The van der Waals surface area contributed by atoms with Crippen LogP contribution in [0.5, 0.6) is 0 Å². The molecule has 1 fully saturated rings. The summed E-state index contributed by atoms with van der Waals surface area (Å²) in [5, 5.41) is 9.13. The lowest BCUT2D eigenvalue weighted by Gasteiger charge is -2.30. The third-order valence-electron chi connectivity index (χ3n) is 5.10.